The molecule has 4 rings (SSSR count). The number of amides is 1. The normalized spacial score (nSPS) is 13.8. The molecule has 1 aliphatic heterocycles. The Bertz CT molecular complexity index is 989. The van der Waals surface area contributed by atoms with E-state index in [-0.39, 0.29) is 30.7 Å². The Labute approximate surface area is 195 Å². The molecule has 2 N–H and O–H groups in total. The van der Waals surface area contributed by atoms with Crippen molar-refractivity contribution in [2.24, 2.45) is 0 Å². The number of rotatable bonds is 7. The van der Waals surface area contributed by atoms with Crippen molar-refractivity contribution < 1.29 is 9.53 Å². The Balaban J connectivity index is 0.00000171. The summed E-state index contributed by atoms with van der Waals surface area (Å²) in [6.07, 6.45) is 4.01. The fraction of sp³-hybridized carbons (Fsp3) is 0.364. The second kappa shape index (κ2) is 11.9. The van der Waals surface area contributed by atoms with Gasteiger partial charge in [0.05, 0.1) is 5.69 Å². The number of aromatic nitrogens is 2. The number of nitrogens with one attached hydrogen (secondary N) is 2. The number of ether oxygens (including phenoxy) is 1. The van der Waals surface area contributed by atoms with Gasteiger partial charge in [-0.25, -0.2) is 4.98 Å². The topological polar surface area (TPSA) is 70.9 Å². The van der Waals surface area contributed by atoms with E-state index in [2.05, 4.69) is 27.4 Å². The van der Waals surface area contributed by atoms with E-state index in [4.69, 9.17) is 4.74 Å². The number of pyridine rings is 1. The molecule has 31 heavy (non-hydrogen) atoms. The first-order valence-corrected chi connectivity index (χ1v) is 10.1. The van der Waals surface area contributed by atoms with Gasteiger partial charge in [-0.1, -0.05) is 12.1 Å². The molecule has 7 nitrogen and oxygen atoms in total. The molecule has 168 valence electrons. The van der Waals surface area contributed by atoms with E-state index in [9.17, 15) is 4.79 Å². The maximum absolute atomic E-state index is 12.4. The van der Waals surface area contributed by atoms with E-state index >= 15 is 0 Å². The average Bonchev–Trinajstić information content (AvgIpc) is 3.15. The average molecular weight is 466 g/mol. The fourth-order valence-corrected chi connectivity index (χ4v) is 3.47. The SMILES string of the molecule is Cc1ccc2nc(COc3cccc(C(=O)NCCN4CCNCC4)c3)cn2c1.Cl.Cl. The van der Waals surface area contributed by atoms with Gasteiger partial charge in [0.1, 0.15) is 18.0 Å². The number of carbonyl (C=O) groups is 1. The molecule has 1 amide bonds. The summed E-state index contributed by atoms with van der Waals surface area (Å²) in [6.45, 7) is 8.01. The van der Waals surface area contributed by atoms with E-state index < -0.39 is 0 Å². The van der Waals surface area contributed by atoms with Gasteiger partial charge in [0.25, 0.3) is 5.91 Å². The van der Waals surface area contributed by atoms with Gasteiger partial charge in [0, 0.05) is 57.2 Å². The van der Waals surface area contributed by atoms with Crippen molar-refractivity contribution in [2.45, 2.75) is 13.5 Å². The highest BCUT2D eigenvalue weighted by atomic mass is 35.5. The molecule has 0 radical (unpaired) electrons. The summed E-state index contributed by atoms with van der Waals surface area (Å²) in [5.74, 6) is 0.585. The van der Waals surface area contributed by atoms with Crippen LogP contribution in [0.3, 0.4) is 0 Å². The monoisotopic (exact) mass is 465 g/mol. The van der Waals surface area contributed by atoms with Crippen LogP contribution in [0.5, 0.6) is 5.75 Å². The van der Waals surface area contributed by atoms with E-state index in [1.54, 1.807) is 12.1 Å². The molecule has 3 aromatic rings. The third kappa shape index (κ3) is 6.83. The third-order valence-electron chi connectivity index (χ3n) is 5.05. The molecular weight excluding hydrogens is 437 g/mol. The minimum Gasteiger partial charge on any atom is -0.487 e. The lowest BCUT2D eigenvalue weighted by molar-refractivity contribution is 0.0946. The van der Waals surface area contributed by atoms with Crippen LogP contribution in [0.1, 0.15) is 21.6 Å². The highest BCUT2D eigenvalue weighted by molar-refractivity contribution is 5.94. The molecule has 0 saturated carbocycles. The third-order valence-corrected chi connectivity index (χ3v) is 5.05. The summed E-state index contributed by atoms with van der Waals surface area (Å²) in [6, 6.07) is 11.3. The first-order chi connectivity index (χ1) is 14.2. The maximum Gasteiger partial charge on any atom is 0.251 e. The minimum absolute atomic E-state index is 0. The second-order valence-corrected chi connectivity index (χ2v) is 7.37. The molecule has 1 aromatic carbocycles. The number of hydrogen-bond donors (Lipinski definition) is 2. The Morgan fingerprint density at radius 2 is 1.97 bits per heavy atom. The molecular formula is C22H29Cl2N5O2. The molecule has 9 heteroatoms. The standard InChI is InChI=1S/C22H27N5O2.2ClH/c1-17-5-6-21-25-19(15-27(21)14-17)16-29-20-4-2-3-18(13-20)22(28)24-9-12-26-10-7-23-8-11-26;;/h2-6,13-15,23H,7-12,16H2,1H3,(H,24,28);2*1H. The summed E-state index contributed by atoms with van der Waals surface area (Å²) in [4.78, 5) is 19.4. The van der Waals surface area contributed by atoms with Gasteiger partial charge in [0.2, 0.25) is 0 Å². The zero-order valence-electron chi connectivity index (χ0n) is 17.5. The molecule has 0 spiro atoms. The van der Waals surface area contributed by atoms with Gasteiger partial charge in [0.15, 0.2) is 0 Å². The number of imidazole rings is 1. The van der Waals surface area contributed by atoms with Crippen molar-refractivity contribution in [2.75, 3.05) is 39.3 Å². The van der Waals surface area contributed by atoms with Crippen molar-refractivity contribution in [1.82, 2.24) is 24.9 Å². The van der Waals surface area contributed by atoms with Crippen molar-refractivity contribution in [3.05, 3.63) is 65.6 Å². The highest BCUT2D eigenvalue weighted by Gasteiger charge is 2.11. The summed E-state index contributed by atoms with van der Waals surface area (Å²) < 4.78 is 7.87. The van der Waals surface area contributed by atoms with Gasteiger partial charge < -0.3 is 19.8 Å². The molecule has 1 aliphatic rings. The maximum atomic E-state index is 12.4. The first kappa shape index (κ1) is 24.9. The van der Waals surface area contributed by atoms with E-state index in [1.807, 2.05) is 41.1 Å². The second-order valence-electron chi connectivity index (χ2n) is 7.37. The number of hydrogen-bond acceptors (Lipinski definition) is 5. The molecule has 0 bridgehead atoms. The van der Waals surface area contributed by atoms with Crippen molar-refractivity contribution in [1.29, 1.82) is 0 Å². The van der Waals surface area contributed by atoms with Crippen molar-refractivity contribution >= 4 is 36.4 Å². The predicted molar refractivity (Wildman–Crippen MR) is 127 cm³/mol. The molecule has 1 fully saturated rings. The van der Waals surface area contributed by atoms with Crippen LogP contribution in [0.2, 0.25) is 0 Å². The van der Waals surface area contributed by atoms with Crippen LogP contribution in [0.25, 0.3) is 5.65 Å². The zero-order valence-corrected chi connectivity index (χ0v) is 19.2. The number of carbonyl (C=O) groups excluding carboxylic acids is 1. The van der Waals surface area contributed by atoms with Gasteiger partial charge in [-0.05, 0) is 36.8 Å². The Morgan fingerprint density at radius 3 is 2.77 bits per heavy atom. The Kier molecular flexibility index (Phi) is 9.58. The van der Waals surface area contributed by atoms with Gasteiger partial charge in [-0.3, -0.25) is 9.69 Å². The molecule has 0 atom stereocenters. The summed E-state index contributed by atoms with van der Waals surface area (Å²) in [7, 11) is 0. The van der Waals surface area contributed by atoms with Gasteiger partial charge in [-0.15, -0.1) is 24.8 Å². The minimum atomic E-state index is -0.0752. The Hall–Kier alpha value is -2.32. The zero-order chi connectivity index (χ0) is 20.1. The van der Waals surface area contributed by atoms with E-state index in [0.29, 0.717) is 24.5 Å². The number of benzene rings is 1. The van der Waals surface area contributed by atoms with Crippen LogP contribution in [-0.4, -0.2) is 59.5 Å². The highest BCUT2D eigenvalue weighted by Crippen LogP contribution is 2.16. The number of fused-ring (bicyclic) bond motifs is 1. The fourth-order valence-electron chi connectivity index (χ4n) is 3.47. The number of halogens is 2. The lowest BCUT2D eigenvalue weighted by atomic mass is 10.2. The predicted octanol–water partition coefficient (Wildman–Crippen LogP) is 2.70. The molecule has 0 aliphatic carbocycles. The smallest absolute Gasteiger partial charge is 0.251 e. The quantitative estimate of drug-likeness (QED) is 0.561. The van der Waals surface area contributed by atoms with Crippen LogP contribution < -0.4 is 15.4 Å². The first-order valence-electron chi connectivity index (χ1n) is 10.1. The van der Waals surface area contributed by atoms with Gasteiger partial charge in [-0.2, -0.15) is 0 Å². The number of aryl methyl sites for hydroxylation is 1. The summed E-state index contributed by atoms with van der Waals surface area (Å²) in [5, 5.41) is 6.33. The van der Waals surface area contributed by atoms with Crippen LogP contribution in [0.4, 0.5) is 0 Å². The largest absolute Gasteiger partial charge is 0.487 e. The molecule has 3 heterocycles. The lowest BCUT2D eigenvalue weighted by Crippen LogP contribution is -2.46. The number of nitrogens with zero attached hydrogens (tertiary/aromatic N) is 3. The lowest BCUT2D eigenvalue weighted by Gasteiger charge is -2.27. The van der Waals surface area contributed by atoms with Crippen LogP contribution in [-0.2, 0) is 6.61 Å². The van der Waals surface area contributed by atoms with Crippen molar-refractivity contribution in [3.63, 3.8) is 0 Å². The van der Waals surface area contributed by atoms with Crippen molar-refractivity contribution in [3.8, 4) is 5.75 Å². The van der Waals surface area contributed by atoms with Crippen LogP contribution in [0.15, 0.2) is 48.8 Å². The van der Waals surface area contributed by atoms with E-state index in [1.165, 1.54) is 5.56 Å². The van der Waals surface area contributed by atoms with Crippen LogP contribution in [0, 0.1) is 6.92 Å². The molecule has 0 unspecified atom stereocenters. The summed E-state index contributed by atoms with van der Waals surface area (Å²) in [5.41, 5.74) is 3.53. The summed E-state index contributed by atoms with van der Waals surface area (Å²) >= 11 is 0. The van der Waals surface area contributed by atoms with Crippen LogP contribution >= 0.6 is 24.8 Å². The molecule has 2 aromatic heterocycles. The Morgan fingerprint density at radius 1 is 1.16 bits per heavy atom. The van der Waals surface area contributed by atoms with E-state index in [0.717, 1.165) is 44.1 Å². The molecule has 1 saturated heterocycles. The van der Waals surface area contributed by atoms with Gasteiger partial charge >= 0.3 is 0 Å². The number of piperazine rings is 1.